The number of carboxylic acids is 1. The summed E-state index contributed by atoms with van der Waals surface area (Å²) in [6.45, 7) is 3.07. The van der Waals surface area contributed by atoms with Crippen LogP contribution in [0.3, 0.4) is 0 Å². The molecule has 3 atom stereocenters. The Kier molecular flexibility index (Phi) is 4.18. The molecule has 1 N–H and O–H groups in total. The third-order valence-electron chi connectivity index (χ3n) is 2.46. The van der Waals surface area contributed by atoms with Gasteiger partial charge in [0.1, 0.15) is 5.82 Å². The fraction of sp³-hybridized carbons (Fsp3) is 0.364. The normalized spacial score (nSPS) is 16.4. The molecule has 0 bridgehead atoms. The Labute approximate surface area is 95.8 Å². The summed E-state index contributed by atoms with van der Waals surface area (Å²) in [5.41, 5.74) is 0. The van der Waals surface area contributed by atoms with Crippen molar-refractivity contribution in [3.8, 4) is 0 Å². The van der Waals surface area contributed by atoms with Gasteiger partial charge < -0.3 is 5.11 Å². The Hall–Kier alpha value is -1.23. The lowest BCUT2D eigenvalue weighted by Gasteiger charge is -2.15. The van der Waals surface area contributed by atoms with Crippen LogP contribution in [0.2, 0.25) is 0 Å². The van der Waals surface area contributed by atoms with E-state index in [2.05, 4.69) is 0 Å². The molecule has 16 heavy (non-hydrogen) atoms. The van der Waals surface area contributed by atoms with Gasteiger partial charge in [-0.05, 0) is 25.1 Å². The van der Waals surface area contributed by atoms with Gasteiger partial charge in [-0.2, -0.15) is 0 Å². The lowest BCUT2D eigenvalue weighted by atomic mass is 10.1. The molecule has 5 heteroatoms. The van der Waals surface area contributed by atoms with Crippen molar-refractivity contribution in [2.45, 2.75) is 24.0 Å². The number of hydrogen-bond acceptors (Lipinski definition) is 2. The highest BCUT2D eigenvalue weighted by molar-refractivity contribution is 7.85. The van der Waals surface area contributed by atoms with Gasteiger partial charge in [0, 0.05) is 10.1 Å². The number of aliphatic carboxylic acids is 1. The second-order valence-corrected chi connectivity index (χ2v) is 5.40. The largest absolute Gasteiger partial charge is 0.481 e. The molecule has 0 aromatic heterocycles. The molecule has 1 aromatic carbocycles. The first-order valence-electron chi connectivity index (χ1n) is 4.82. The second-order valence-electron chi connectivity index (χ2n) is 3.59. The first-order chi connectivity index (χ1) is 7.43. The summed E-state index contributed by atoms with van der Waals surface area (Å²) in [5, 5.41) is 8.24. The minimum atomic E-state index is -1.51. The first kappa shape index (κ1) is 12.8. The Balaban J connectivity index is 2.90. The smallest absolute Gasteiger partial charge is 0.307 e. The van der Waals surface area contributed by atoms with Crippen molar-refractivity contribution in [2.24, 2.45) is 5.92 Å². The molecule has 0 amide bonds. The maximum atomic E-state index is 12.9. The van der Waals surface area contributed by atoms with Crippen LogP contribution in [0.1, 0.15) is 13.8 Å². The minimum absolute atomic E-state index is 0.320. The second kappa shape index (κ2) is 5.21. The number of carboxylic acid groups (broad SMARTS) is 1. The molecule has 0 aliphatic rings. The Morgan fingerprint density at radius 1 is 1.44 bits per heavy atom. The van der Waals surface area contributed by atoms with E-state index in [0.29, 0.717) is 4.90 Å². The molecule has 0 saturated heterocycles. The maximum absolute atomic E-state index is 12.9. The van der Waals surface area contributed by atoms with E-state index in [4.69, 9.17) is 5.11 Å². The summed E-state index contributed by atoms with van der Waals surface area (Å²) in [6, 6.07) is 5.41. The van der Waals surface area contributed by atoms with Gasteiger partial charge >= 0.3 is 5.97 Å². The predicted octanol–water partition coefficient (Wildman–Crippen LogP) is 2.04. The summed E-state index contributed by atoms with van der Waals surface area (Å²) in [6.07, 6.45) is 0. The molecule has 0 radical (unpaired) electrons. The van der Waals surface area contributed by atoms with Gasteiger partial charge in [0.05, 0.1) is 16.7 Å². The molecule has 0 aliphatic heterocycles. The third-order valence-corrected chi connectivity index (χ3v) is 4.26. The molecule has 88 valence electrons. The Morgan fingerprint density at radius 3 is 2.56 bits per heavy atom. The van der Waals surface area contributed by atoms with E-state index in [1.54, 1.807) is 6.92 Å². The zero-order chi connectivity index (χ0) is 12.3. The van der Waals surface area contributed by atoms with Crippen LogP contribution in [-0.2, 0) is 15.6 Å². The molecule has 1 aromatic rings. The van der Waals surface area contributed by atoms with Gasteiger partial charge in [0.2, 0.25) is 0 Å². The summed E-state index contributed by atoms with van der Waals surface area (Å²) in [4.78, 5) is 11.1. The highest BCUT2D eigenvalue weighted by atomic mass is 32.2. The molecule has 0 fully saturated rings. The van der Waals surface area contributed by atoms with Crippen LogP contribution in [0.25, 0.3) is 0 Å². The summed E-state index contributed by atoms with van der Waals surface area (Å²) in [7, 11) is -1.51. The van der Waals surface area contributed by atoms with E-state index >= 15 is 0 Å². The fourth-order valence-corrected chi connectivity index (χ4v) is 2.55. The van der Waals surface area contributed by atoms with Gasteiger partial charge in [-0.3, -0.25) is 9.00 Å². The van der Waals surface area contributed by atoms with Crippen LogP contribution >= 0.6 is 0 Å². The summed E-state index contributed by atoms with van der Waals surface area (Å²) >= 11 is 0. The van der Waals surface area contributed by atoms with E-state index < -0.39 is 33.8 Å². The standard InChI is InChI=1S/C11H13FO3S/c1-7(11(13)14)8(2)16(15)10-5-3-4-9(12)6-10/h3-8H,1-2H3,(H,13,14). The van der Waals surface area contributed by atoms with Crippen molar-refractivity contribution in [1.82, 2.24) is 0 Å². The van der Waals surface area contributed by atoms with Gasteiger partial charge in [0.25, 0.3) is 0 Å². The van der Waals surface area contributed by atoms with Crippen molar-refractivity contribution in [3.05, 3.63) is 30.1 Å². The lowest BCUT2D eigenvalue weighted by molar-refractivity contribution is -0.141. The lowest BCUT2D eigenvalue weighted by Crippen LogP contribution is -2.26. The zero-order valence-electron chi connectivity index (χ0n) is 9.01. The van der Waals surface area contributed by atoms with Crippen molar-refractivity contribution >= 4 is 16.8 Å². The average Bonchev–Trinajstić information content (AvgIpc) is 2.26. The highest BCUT2D eigenvalue weighted by Gasteiger charge is 2.25. The molecule has 1 rings (SSSR count). The minimum Gasteiger partial charge on any atom is -0.481 e. The zero-order valence-corrected chi connectivity index (χ0v) is 9.83. The van der Waals surface area contributed by atoms with Crippen LogP contribution in [0.5, 0.6) is 0 Å². The van der Waals surface area contributed by atoms with Crippen molar-refractivity contribution in [2.75, 3.05) is 0 Å². The molecular formula is C11H13FO3S. The van der Waals surface area contributed by atoms with E-state index in [9.17, 15) is 13.4 Å². The highest BCUT2D eigenvalue weighted by Crippen LogP contribution is 2.18. The van der Waals surface area contributed by atoms with Crippen molar-refractivity contribution in [3.63, 3.8) is 0 Å². The van der Waals surface area contributed by atoms with Gasteiger partial charge in [-0.1, -0.05) is 13.0 Å². The molecular weight excluding hydrogens is 231 g/mol. The molecule has 0 spiro atoms. The average molecular weight is 244 g/mol. The summed E-state index contributed by atoms with van der Waals surface area (Å²) < 4.78 is 24.8. The van der Waals surface area contributed by atoms with E-state index in [-0.39, 0.29) is 0 Å². The molecule has 3 unspecified atom stereocenters. The van der Waals surface area contributed by atoms with E-state index in [1.807, 2.05) is 0 Å². The molecule has 0 saturated carbocycles. The molecule has 3 nitrogen and oxygen atoms in total. The number of carbonyl (C=O) groups is 1. The van der Waals surface area contributed by atoms with Crippen molar-refractivity contribution in [1.29, 1.82) is 0 Å². The van der Waals surface area contributed by atoms with Gasteiger partial charge in [0.15, 0.2) is 0 Å². The van der Waals surface area contributed by atoms with Crippen LogP contribution < -0.4 is 0 Å². The number of halogens is 1. The third kappa shape index (κ3) is 2.88. The fourth-order valence-electron chi connectivity index (χ4n) is 1.19. The Morgan fingerprint density at radius 2 is 2.06 bits per heavy atom. The first-order valence-corrected chi connectivity index (χ1v) is 6.03. The van der Waals surface area contributed by atoms with Crippen LogP contribution in [-0.4, -0.2) is 20.5 Å². The molecule has 0 heterocycles. The topological polar surface area (TPSA) is 54.4 Å². The number of hydrogen-bond donors (Lipinski definition) is 1. The van der Waals surface area contributed by atoms with Crippen LogP contribution in [0, 0.1) is 11.7 Å². The predicted molar refractivity (Wildman–Crippen MR) is 59.1 cm³/mol. The van der Waals surface area contributed by atoms with E-state index in [0.717, 1.165) is 0 Å². The Bertz CT molecular complexity index is 419. The maximum Gasteiger partial charge on any atom is 0.307 e. The van der Waals surface area contributed by atoms with Gasteiger partial charge in [-0.25, -0.2) is 4.39 Å². The number of benzene rings is 1. The quantitative estimate of drug-likeness (QED) is 0.881. The number of rotatable bonds is 4. The summed E-state index contributed by atoms with van der Waals surface area (Å²) in [5.74, 6) is -2.21. The van der Waals surface area contributed by atoms with E-state index in [1.165, 1.54) is 31.2 Å². The van der Waals surface area contributed by atoms with Crippen LogP contribution in [0.4, 0.5) is 4.39 Å². The monoisotopic (exact) mass is 244 g/mol. The van der Waals surface area contributed by atoms with Crippen LogP contribution in [0.15, 0.2) is 29.2 Å². The SMILES string of the molecule is CC(C(=O)O)C(C)S(=O)c1cccc(F)c1. The van der Waals surface area contributed by atoms with Crippen molar-refractivity contribution < 1.29 is 18.5 Å². The van der Waals surface area contributed by atoms with Gasteiger partial charge in [-0.15, -0.1) is 0 Å². The molecule has 0 aliphatic carbocycles.